The highest BCUT2D eigenvalue weighted by Crippen LogP contribution is 2.11. The number of aliphatic hydroxyl groups excluding tert-OH is 1. The van der Waals surface area contributed by atoms with Crippen LogP contribution in [0.5, 0.6) is 5.75 Å². The number of benzene rings is 1. The molecule has 1 rings (SSSR count). The summed E-state index contributed by atoms with van der Waals surface area (Å²) in [5.41, 5.74) is 6.36. The summed E-state index contributed by atoms with van der Waals surface area (Å²) in [5.74, 6) is 0.811. The molecule has 72 valence electrons. The van der Waals surface area contributed by atoms with Gasteiger partial charge in [0.1, 0.15) is 12.0 Å². The average molecular weight is 181 g/mol. The van der Waals surface area contributed by atoms with E-state index in [1.54, 1.807) is 0 Å². The maximum absolute atomic E-state index is 8.77. The van der Waals surface area contributed by atoms with Gasteiger partial charge in [-0.05, 0) is 19.1 Å². The lowest BCUT2D eigenvalue weighted by atomic mass is 10.2. The van der Waals surface area contributed by atoms with E-state index in [0.717, 1.165) is 5.75 Å². The molecule has 3 heteroatoms. The first kappa shape index (κ1) is 10.0. The van der Waals surface area contributed by atoms with E-state index in [4.69, 9.17) is 15.6 Å². The number of rotatable bonds is 4. The highest BCUT2D eigenvalue weighted by atomic mass is 16.5. The average Bonchev–Trinajstić information content (AvgIpc) is 2.08. The van der Waals surface area contributed by atoms with Crippen LogP contribution in [0.2, 0.25) is 0 Å². The first-order chi connectivity index (χ1) is 6.18. The molecule has 1 aromatic rings. The zero-order valence-corrected chi connectivity index (χ0v) is 7.73. The second-order valence-electron chi connectivity index (χ2n) is 3.02. The van der Waals surface area contributed by atoms with Gasteiger partial charge < -0.3 is 15.6 Å². The highest BCUT2D eigenvalue weighted by molar-refractivity contribution is 5.26. The molecule has 0 spiro atoms. The van der Waals surface area contributed by atoms with Crippen LogP contribution in [-0.4, -0.2) is 17.9 Å². The normalized spacial score (nSPS) is 12.5. The van der Waals surface area contributed by atoms with Gasteiger partial charge in [0, 0.05) is 6.42 Å². The molecule has 3 nitrogen and oxygen atoms in total. The molecule has 0 aliphatic rings. The molecule has 0 amide bonds. The van der Waals surface area contributed by atoms with E-state index in [0.29, 0.717) is 13.0 Å². The molecule has 1 aromatic carbocycles. The molecule has 0 fully saturated rings. The third-order valence-corrected chi connectivity index (χ3v) is 1.70. The largest absolute Gasteiger partial charge is 0.493 e. The smallest absolute Gasteiger partial charge is 0.119 e. The van der Waals surface area contributed by atoms with Crippen LogP contribution in [0.4, 0.5) is 0 Å². The van der Waals surface area contributed by atoms with Crippen molar-refractivity contribution in [3.63, 3.8) is 0 Å². The molecule has 0 aliphatic heterocycles. The third-order valence-electron chi connectivity index (χ3n) is 1.70. The van der Waals surface area contributed by atoms with Crippen LogP contribution in [-0.2, 0) is 0 Å². The van der Waals surface area contributed by atoms with E-state index in [9.17, 15) is 0 Å². The van der Waals surface area contributed by atoms with E-state index in [1.165, 1.54) is 5.56 Å². The Kier molecular flexibility index (Phi) is 3.73. The van der Waals surface area contributed by atoms with Gasteiger partial charge in [-0.3, -0.25) is 0 Å². The Morgan fingerprint density at radius 3 is 2.54 bits per heavy atom. The molecule has 0 bridgehead atoms. The molecule has 3 N–H and O–H groups in total. The van der Waals surface area contributed by atoms with Gasteiger partial charge in [-0.2, -0.15) is 0 Å². The highest BCUT2D eigenvalue weighted by Gasteiger charge is 1.96. The summed E-state index contributed by atoms with van der Waals surface area (Å²) >= 11 is 0. The quantitative estimate of drug-likeness (QED) is 0.682. The molecular weight excluding hydrogens is 166 g/mol. The van der Waals surface area contributed by atoms with Gasteiger partial charge in [0.05, 0.1) is 6.61 Å². The molecule has 0 heterocycles. The lowest BCUT2D eigenvalue weighted by molar-refractivity contribution is 0.145. The van der Waals surface area contributed by atoms with Gasteiger partial charge in [0.2, 0.25) is 0 Å². The molecule has 0 aliphatic carbocycles. The number of ether oxygens (including phenoxy) is 1. The Morgan fingerprint density at radius 2 is 2.00 bits per heavy atom. The minimum Gasteiger partial charge on any atom is -0.493 e. The van der Waals surface area contributed by atoms with Gasteiger partial charge in [0.25, 0.3) is 0 Å². The summed E-state index contributed by atoms with van der Waals surface area (Å²) in [6.45, 7) is 2.47. The van der Waals surface area contributed by atoms with Crippen molar-refractivity contribution in [2.75, 3.05) is 6.61 Å². The first-order valence-electron chi connectivity index (χ1n) is 4.31. The van der Waals surface area contributed by atoms with Crippen molar-refractivity contribution in [2.45, 2.75) is 19.6 Å². The minimum atomic E-state index is -0.787. The van der Waals surface area contributed by atoms with Crippen molar-refractivity contribution in [1.82, 2.24) is 0 Å². The van der Waals surface area contributed by atoms with Crippen LogP contribution in [0, 0.1) is 6.92 Å². The Labute approximate surface area is 78.1 Å². The fraction of sp³-hybridized carbons (Fsp3) is 0.400. The molecule has 0 saturated heterocycles. The summed E-state index contributed by atoms with van der Waals surface area (Å²) in [6, 6.07) is 7.76. The number of nitrogens with two attached hydrogens (primary N) is 1. The zero-order valence-electron chi connectivity index (χ0n) is 7.73. The van der Waals surface area contributed by atoms with Gasteiger partial charge in [-0.15, -0.1) is 0 Å². The summed E-state index contributed by atoms with van der Waals surface area (Å²) < 4.78 is 5.33. The van der Waals surface area contributed by atoms with Crippen LogP contribution < -0.4 is 10.5 Å². The minimum absolute atomic E-state index is 0.445. The van der Waals surface area contributed by atoms with Gasteiger partial charge in [-0.1, -0.05) is 17.7 Å². The van der Waals surface area contributed by atoms with Crippen molar-refractivity contribution >= 4 is 0 Å². The van der Waals surface area contributed by atoms with E-state index >= 15 is 0 Å². The van der Waals surface area contributed by atoms with Crippen LogP contribution >= 0.6 is 0 Å². The van der Waals surface area contributed by atoms with Crippen molar-refractivity contribution in [3.8, 4) is 5.75 Å². The van der Waals surface area contributed by atoms with Crippen LogP contribution in [0.25, 0.3) is 0 Å². The van der Waals surface area contributed by atoms with Crippen LogP contribution in [0.3, 0.4) is 0 Å². The Hall–Kier alpha value is -1.06. The number of aliphatic hydroxyl groups is 1. The number of hydrogen-bond acceptors (Lipinski definition) is 3. The number of aryl methyl sites for hydroxylation is 1. The van der Waals surface area contributed by atoms with Crippen LogP contribution in [0.1, 0.15) is 12.0 Å². The lowest BCUT2D eigenvalue weighted by Crippen LogP contribution is -2.21. The van der Waals surface area contributed by atoms with E-state index in [-0.39, 0.29) is 0 Å². The van der Waals surface area contributed by atoms with Crippen molar-refractivity contribution in [2.24, 2.45) is 5.73 Å². The fourth-order valence-electron chi connectivity index (χ4n) is 0.932. The Balaban J connectivity index is 2.33. The molecule has 0 aromatic heterocycles. The van der Waals surface area contributed by atoms with Gasteiger partial charge in [0.15, 0.2) is 0 Å². The van der Waals surface area contributed by atoms with Crippen molar-refractivity contribution < 1.29 is 9.84 Å². The molecular formula is C10H15NO2. The monoisotopic (exact) mass is 181 g/mol. The maximum atomic E-state index is 8.77. The van der Waals surface area contributed by atoms with Gasteiger partial charge >= 0.3 is 0 Å². The number of hydrogen-bond donors (Lipinski definition) is 2. The molecule has 0 saturated carbocycles. The first-order valence-corrected chi connectivity index (χ1v) is 4.31. The topological polar surface area (TPSA) is 55.5 Å². The Morgan fingerprint density at radius 1 is 1.38 bits per heavy atom. The Bertz CT molecular complexity index is 244. The summed E-state index contributed by atoms with van der Waals surface area (Å²) in [7, 11) is 0. The standard InChI is InChI=1S/C10H15NO2/c1-8-2-4-9(5-3-8)13-7-6-10(11)12/h2-5,10,12H,6-7,11H2,1H3. The molecule has 0 radical (unpaired) electrons. The molecule has 1 unspecified atom stereocenters. The predicted molar refractivity (Wildman–Crippen MR) is 51.5 cm³/mol. The summed E-state index contributed by atoms with van der Waals surface area (Å²) in [4.78, 5) is 0. The fourth-order valence-corrected chi connectivity index (χ4v) is 0.932. The second-order valence-corrected chi connectivity index (χ2v) is 3.02. The van der Waals surface area contributed by atoms with Crippen molar-refractivity contribution in [3.05, 3.63) is 29.8 Å². The van der Waals surface area contributed by atoms with Crippen molar-refractivity contribution in [1.29, 1.82) is 0 Å². The second kappa shape index (κ2) is 4.84. The van der Waals surface area contributed by atoms with Crippen LogP contribution in [0.15, 0.2) is 24.3 Å². The van der Waals surface area contributed by atoms with E-state index in [2.05, 4.69) is 0 Å². The summed E-state index contributed by atoms with van der Waals surface area (Å²) in [6.07, 6.45) is -0.334. The van der Waals surface area contributed by atoms with E-state index < -0.39 is 6.23 Å². The molecule has 13 heavy (non-hydrogen) atoms. The summed E-state index contributed by atoms with van der Waals surface area (Å²) in [5, 5.41) is 8.77. The van der Waals surface area contributed by atoms with Gasteiger partial charge in [-0.25, -0.2) is 0 Å². The van der Waals surface area contributed by atoms with E-state index in [1.807, 2.05) is 31.2 Å². The maximum Gasteiger partial charge on any atom is 0.119 e. The zero-order chi connectivity index (χ0) is 9.68. The SMILES string of the molecule is Cc1ccc(OCCC(N)O)cc1. The predicted octanol–water partition coefficient (Wildman–Crippen LogP) is 1.04. The third kappa shape index (κ3) is 3.92. The lowest BCUT2D eigenvalue weighted by Gasteiger charge is -2.07. The molecule has 1 atom stereocenters.